The van der Waals surface area contributed by atoms with Crippen molar-refractivity contribution in [3.05, 3.63) is 33.7 Å². The molecule has 2 atom stereocenters. The number of likely N-dealkylation sites (tertiary alicyclic amines) is 1. The minimum atomic E-state index is -0.199. The third-order valence-corrected chi connectivity index (χ3v) is 4.44. The fraction of sp³-hybridized carbons (Fsp3) is 0.538. The molecule has 19 heavy (non-hydrogen) atoms. The number of thiazole rings is 1. The van der Waals surface area contributed by atoms with E-state index in [1.165, 1.54) is 11.3 Å². The third-order valence-electron chi connectivity index (χ3n) is 3.69. The number of aromatic nitrogens is 2. The first kappa shape index (κ1) is 12.8. The average molecular weight is 279 g/mol. The lowest BCUT2D eigenvalue weighted by Crippen LogP contribution is -2.41. The monoisotopic (exact) mass is 279 g/mol. The van der Waals surface area contributed by atoms with Gasteiger partial charge in [0.2, 0.25) is 0 Å². The molecule has 0 spiro atoms. The van der Waals surface area contributed by atoms with Gasteiger partial charge in [-0.3, -0.25) is 14.1 Å². The Morgan fingerprint density at radius 3 is 3.21 bits per heavy atom. The molecule has 0 aromatic carbocycles. The summed E-state index contributed by atoms with van der Waals surface area (Å²) in [4.78, 5) is 19.4. The molecule has 0 saturated carbocycles. The third kappa shape index (κ3) is 2.56. The topological polar surface area (TPSA) is 57.8 Å². The van der Waals surface area contributed by atoms with Gasteiger partial charge in [0.15, 0.2) is 4.96 Å². The molecule has 0 bridgehead atoms. The van der Waals surface area contributed by atoms with Crippen molar-refractivity contribution in [2.24, 2.45) is 5.92 Å². The molecule has 1 saturated heterocycles. The second-order valence-corrected chi connectivity index (χ2v) is 6.08. The largest absolute Gasteiger partial charge is 0.393 e. The summed E-state index contributed by atoms with van der Waals surface area (Å²) >= 11 is 1.47. The number of aliphatic hydroxyl groups is 1. The quantitative estimate of drug-likeness (QED) is 0.889. The first-order valence-corrected chi connectivity index (χ1v) is 7.37. The van der Waals surface area contributed by atoms with Crippen LogP contribution in [0.3, 0.4) is 0 Å². The first-order chi connectivity index (χ1) is 9.13. The molecule has 102 valence electrons. The van der Waals surface area contributed by atoms with Gasteiger partial charge in [-0.25, -0.2) is 4.98 Å². The molecule has 2 unspecified atom stereocenters. The van der Waals surface area contributed by atoms with Crippen molar-refractivity contribution >= 4 is 16.3 Å². The maximum atomic E-state index is 11.9. The highest BCUT2D eigenvalue weighted by atomic mass is 32.1. The first-order valence-electron chi connectivity index (χ1n) is 6.49. The Hall–Kier alpha value is -1.24. The van der Waals surface area contributed by atoms with Gasteiger partial charge in [-0.15, -0.1) is 11.3 Å². The summed E-state index contributed by atoms with van der Waals surface area (Å²) < 4.78 is 1.57. The number of rotatable bonds is 2. The van der Waals surface area contributed by atoms with Crippen LogP contribution in [0.25, 0.3) is 4.96 Å². The molecule has 1 aliphatic rings. The Morgan fingerprint density at radius 1 is 1.58 bits per heavy atom. The fourth-order valence-corrected chi connectivity index (χ4v) is 3.30. The van der Waals surface area contributed by atoms with Crippen molar-refractivity contribution in [3.8, 4) is 0 Å². The smallest absolute Gasteiger partial charge is 0.258 e. The Kier molecular flexibility index (Phi) is 3.38. The second kappa shape index (κ2) is 5.03. The lowest BCUT2D eigenvalue weighted by atomic mass is 9.97. The van der Waals surface area contributed by atoms with Crippen LogP contribution in [0.1, 0.15) is 19.0 Å². The second-order valence-electron chi connectivity index (χ2n) is 5.21. The molecule has 2 aromatic rings. The fourth-order valence-electron chi connectivity index (χ4n) is 2.56. The van der Waals surface area contributed by atoms with E-state index in [2.05, 4.69) is 16.8 Å². The Balaban J connectivity index is 1.80. The minimum Gasteiger partial charge on any atom is -0.393 e. The van der Waals surface area contributed by atoms with Crippen LogP contribution in [-0.2, 0) is 6.54 Å². The number of nitrogens with zero attached hydrogens (tertiary/aromatic N) is 3. The molecule has 1 N–H and O–H groups in total. The average Bonchev–Trinajstić information content (AvgIpc) is 2.82. The number of hydrogen-bond acceptors (Lipinski definition) is 5. The highest BCUT2D eigenvalue weighted by Crippen LogP contribution is 2.18. The molecule has 6 heteroatoms. The highest BCUT2D eigenvalue weighted by molar-refractivity contribution is 7.15. The van der Waals surface area contributed by atoms with Crippen LogP contribution in [-0.4, -0.2) is 38.6 Å². The molecular formula is C13H17N3O2S. The summed E-state index contributed by atoms with van der Waals surface area (Å²) in [5.41, 5.74) is 0.794. The van der Waals surface area contributed by atoms with Crippen molar-refractivity contribution in [3.63, 3.8) is 0 Å². The molecule has 0 radical (unpaired) electrons. The van der Waals surface area contributed by atoms with E-state index in [1.807, 2.05) is 5.38 Å². The van der Waals surface area contributed by atoms with Crippen LogP contribution in [0, 0.1) is 5.92 Å². The van der Waals surface area contributed by atoms with Crippen molar-refractivity contribution in [1.29, 1.82) is 0 Å². The lowest BCUT2D eigenvalue weighted by Gasteiger charge is -2.34. The molecular weight excluding hydrogens is 262 g/mol. The maximum absolute atomic E-state index is 11.9. The zero-order chi connectivity index (χ0) is 13.4. The Morgan fingerprint density at radius 2 is 2.42 bits per heavy atom. The number of aliphatic hydroxyl groups excluding tert-OH is 1. The molecule has 3 heterocycles. The maximum Gasteiger partial charge on any atom is 0.258 e. The summed E-state index contributed by atoms with van der Waals surface area (Å²) in [6.45, 7) is 4.45. The summed E-state index contributed by atoms with van der Waals surface area (Å²) in [6, 6.07) is 1.61. The zero-order valence-electron chi connectivity index (χ0n) is 10.8. The van der Waals surface area contributed by atoms with Crippen LogP contribution in [0.5, 0.6) is 0 Å². The number of fused-ring (bicyclic) bond motifs is 1. The summed E-state index contributed by atoms with van der Waals surface area (Å²) in [7, 11) is 0. The van der Waals surface area contributed by atoms with Gasteiger partial charge in [0.1, 0.15) is 0 Å². The van der Waals surface area contributed by atoms with E-state index in [0.29, 0.717) is 6.54 Å². The molecule has 3 rings (SSSR count). The van der Waals surface area contributed by atoms with Crippen molar-refractivity contribution in [2.75, 3.05) is 13.1 Å². The molecule has 2 aromatic heterocycles. The van der Waals surface area contributed by atoms with Gasteiger partial charge in [-0.1, -0.05) is 6.92 Å². The van der Waals surface area contributed by atoms with E-state index in [1.54, 1.807) is 16.7 Å². The molecule has 5 nitrogen and oxygen atoms in total. The van der Waals surface area contributed by atoms with Gasteiger partial charge in [-0.05, 0) is 12.3 Å². The van der Waals surface area contributed by atoms with Crippen molar-refractivity contribution < 1.29 is 5.11 Å². The van der Waals surface area contributed by atoms with E-state index >= 15 is 0 Å². The summed E-state index contributed by atoms with van der Waals surface area (Å²) in [5, 5.41) is 11.6. The molecule has 0 aliphatic carbocycles. The van der Waals surface area contributed by atoms with Gasteiger partial charge in [0.05, 0.1) is 11.8 Å². The van der Waals surface area contributed by atoms with E-state index in [-0.39, 0.29) is 17.6 Å². The van der Waals surface area contributed by atoms with Crippen LogP contribution in [0.2, 0.25) is 0 Å². The Labute approximate surface area is 115 Å². The van der Waals surface area contributed by atoms with Crippen LogP contribution >= 0.6 is 11.3 Å². The lowest BCUT2D eigenvalue weighted by molar-refractivity contribution is 0.0316. The number of piperidine rings is 1. The van der Waals surface area contributed by atoms with Gasteiger partial charge >= 0.3 is 0 Å². The number of hydrogen-bond donors (Lipinski definition) is 1. The van der Waals surface area contributed by atoms with Crippen LogP contribution < -0.4 is 5.56 Å². The zero-order valence-corrected chi connectivity index (χ0v) is 11.6. The van der Waals surface area contributed by atoms with Gasteiger partial charge in [0.25, 0.3) is 5.56 Å². The van der Waals surface area contributed by atoms with Gasteiger partial charge in [0, 0.05) is 37.3 Å². The van der Waals surface area contributed by atoms with Crippen LogP contribution in [0.15, 0.2) is 22.4 Å². The van der Waals surface area contributed by atoms with Crippen LogP contribution in [0.4, 0.5) is 0 Å². The van der Waals surface area contributed by atoms with Crippen molar-refractivity contribution in [1.82, 2.24) is 14.3 Å². The SMILES string of the molecule is CC1CN(Cc2cc(=O)n3ccsc3n2)CCC1O. The normalized spacial score (nSPS) is 24.9. The van der Waals surface area contributed by atoms with Gasteiger partial charge < -0.3 is 5.11 Å². The minimum absolute atomic E-state index is 0.0219. The van der Waals surface area contributed by atoms with E-state index in [4.69, 9.17) is 0 Å². The van der Waals surface area contributed by atoms with Gasteiger partial charge in [-0.2, -0.15) is 0 Å². The van der Waals surface area contributed by atoms with Crippen molar-refractivity contribution in [2.45, 2.75) is 26.0 Å². The van der Waals surface area contributed by atoms with E-state index in [9.17, 15) is 9.90 Å². The summed E-state index contributed by atoms with van der Waals surface area (Å²) in [5.74, 6) is 0.278. The highest BCUT2D eigenvalue weighted by Gasteiger charge is 2.24. The predicted molar refractivity (Wildman–Crippen MR) is 74.4 cm³/mol. The van der Waals surface area contributed by atoms with E-state index in [0.717, 1.165) is 30.2 Å². The molecule has 1 fully saturated rings. The van der Waals surface area contributed by atoms with E-state index < -0.39 is 0 Å². The Bertz CT molecular complexity index is 636. The predicted octanol–water partition coefficient (Wildman–Crippen LogP) is 0.959. The molecule has 0 amide bonds. The molecule has 1 aliphatic heterocycles. The summed E-state index contributed by atoms with van der Waals surface area (Å²) in [6.07, 6.45) is 2.34. The standard InChI is InChI=1S/C13H17N3O2S/c1-9-7-15(3-2-11(9)17)8-10-6-12(18)16-4-5-19-13(16)14-10/h4-6,9,11,17H,2-3,7-8H2,1H3.